The summed E-state index contributed by atoms with van der Waals surface area (Å²) >= 11 is 6.40. The fourth-order valence-electron chi connectivity index (χ4n) is 3.48. The molecule has 4 rings (SSSR count). The summed E-state index contributed by atoms with van der Waals surface area (Å²) in [6, 6.07) is 15.6. The van der Waals surface area contributed by atoms with E-state index < -0.39 is 12.2 Å². The second-order valence-electron chi connectivity index (χ2n) is 7.60. The molecule has 0 spiro atoms. The lowest BCUT2D eigenvalue weighted by Gasteiger charge is -2.16. The molecule has 4 aromatic rings. The average Bonchev–Trinajstić information content (AvgIpc) is 2.89. The third kappa shape index (κ3) is 5.52. The van der Waals surface area contributed by atoms with Crippen molar-refractivity contribution in [3.63, 3.8) is 0 Å². The van der Waals surface area contributed by atoms with Crippen molar-refractivity contribution in [3.8, 4) is 28.9 Å². The van der Waals surface area contributed by atoms with Crippen LogP contribution in [0, 0.1) is 0 Å². The fraction of sp³-hybridized carbons (Fsp3) is 0.192. The summed E-state index contributed by atoms with van der Waals surface area (Å²) in [6.45, 7) is 1.77. The minimum atomic E-state index is -0.649. The molecule has 186 valence electrons. The molecule has 0 radical (unpaired) electrons. The van der Waals surface area contributed by atoms with Crippen LogP contribution >= 0.6 is 11.6 Å². The van der Waals surface area contributed by atoms with E-state index >= 15 is 0 Å². The van der Waals surface area contributed by atoms with Gasteiger partial charge in [0.2, 0.25) is 5.88 Å². The first kappa shape index (κ1) is 24.9. The highest BCUT2D eigenvalue weighted by Crippen LogP contribution is 2.37. The van der Waals surface area contributed by atoms with Gasteiger partial charge in [0.1, 0.15) is 23.9 Å². The van der Waals surface area contributed by atoms with E-state index in [4.69, 9.17) is 35.3 Å². The predicted octanol–water partition coefficient (Wildman–Crippen LogP) is 6.41. The van der Waals surface area contributed by atoms with Gasteiger partial charge in [0, 0.05) is 12.1 Å². The number of methoxy groups -OCH3 is 3. The van der Waals surface area contributed by atoms with Crippen molar-refractivity contribution >= 4 is 34.3 Å². The van der Waals surface area contributed by atoms with E-state index in [2.05, 4.69) is 15.3 Å². The van der Waals surface area contributed by atoms with Crippen LogP contribution in [0.4, 0.5) is 10.5 Å². The molecule has 1 heterocycles. The second-order valence-corrected chi connectivity index (χ2v) is 8.00. The minimum Gasteiger partial charge on any atom is -0.497 e. The highest BCUT2D eigenvalue weighted by Gasteiger charge is 2.16. The summed E-state index contributed by atoms with van der Waals surface area (Å²) in [5.41, 5.74) is 1.78. The Labute approximate surface area is 212 Å². The first-order chi connectivity index (χ1) is 17.4. The summed E-state index contributed by atoms with van der Waals surface area (Å²) in [5.74, 6) is 2.46. The number of benzene rings is 3. The van der Waals surface area contributed by atoms with Crippen molar-refractivity contribution in [2.24, 2.45) is 0 Å². The molecule has 1 unspecified atom stereocenters. The van der Waals surface area contributed by atoms with Gasteiger partial charge in [-0.25, -0.2) is 14.8 Å². The molecule has 10 heteroatoms. The van der Waals surface area contributed by atoms with Gasteiger partial charge < -0.3 is 23.7 Å². The maximum atomic E-state index is 12.4. The van der Waals surface area contributed by atoms with Gasteiger partial charge in [0.25, 0.3) is 0 Å². The Kier molecular flexibility index (Phi) is 7.60. The molecule has 1 aromatic heterocycles. The lowest BCUT2D eigenvalue weighted by Crippen LogP contribution is -2.16. The summed E-state index contributed by atoms with van der Waals surface area (Å²) < 4.78 is 27.4. The van der Waals surface area contributed by atoms with E-state index in [-0.39, 0.29) is 5.02 Å². The van der Waals surface area contributed by atoms with Crippen molar-refractivity contribution in [1.29, 1.82) is 0 Å². The van der Waals surface area contributed by atoms with Crippen molar-refractivity contribution in [2.75, 3.05) is 26.6 Å². The Morgan fingerprint density at radius 2 is 1.69 bits per heavy atom. The third-order valence-corrected chi connectivity index (χ3v) is 5.66. The maximum Gasteiger partial charge on any atom is 0.412 e. The van der Waals surface area contributed by atoms with Gasteiger partial charge in [0.15, 0.2) is 11.5 Å². The van der Waals surface area contributed by atoms with Crippen LogP contribution < -0.4 is 24.3 Å². The fourth-order valence-corrected chi connectivity index (χ4v) is 3.69. The quantitative estimate of drug-likeness (QED) is 0.290. The Hall–Kier alpha value is -4.24. The zero-order valence-corrected chi connectivity index (χ0v) is 20.8. The van der Waals surface area contributed by atoms with E-state index in [1.807, 2.05) is 18.2 Å². The Balaban J connectivity index is 1.47. The second kappa shape index (κ2) is 11.0. The van der Waals surface area contributed by atoms with E-state index in [1.54, 1.807) is 64.7 Å². The molecule has 0 aliphatic carbocycles. The number of hydrogen-bond donors (Lipinski definition) is 1. The maximum absolute atomic E-state index is 12.4. The number of nitrogens with one attached hydrogen (secondary N) is 1. The van der Waals surface area contributed by atoms with E-state index in [1.165, 1.54) is 6.33 Å². The lowest BCUT2D eigenvalue weighted by molar-refractivity contribution is 0.121. The van der Waals surface area contributed by atoms with E-state index in [0.29, 0.717) is 45.5 Å². The number of carbonyl (C=O) groups is 1. The molecule has 0 saturated carbocycles. The molecule has 1 N–H and O–H groups in total. The van der Waals surface area contributed by atoms with Crippen LogP contribution in [-0.4, -0.2) is 37.4 Å². The molecular formula is C26H24ClN3O6. The highest BCUT2D eigenvalue weighted by molar-refractivity contribution is 6.33. The highest BCUT2D eigenvalue weighted by atomic mass is 35.5. The van der Waals surface area contributed by atoms with Crippen LogP contribution in [-0.2, 0) is 4.74 Å². The van der Waals surface area contributed by atoms with Gasteiger partial charge in [-0.3, -0.25) is 5.32 Å². The normalized spacial score (nSPS) is 11.5. The van der Waals surface area contributed by atoms with Gasteiger partial charge >= 0.3 is 6.09 Å². The Morgan fingerprint density at radius 3 is 2.42 bits per heavy atom. The number of hydrogen-bond acceptors (Lipinski definition) is 8. The molecule has 0 fully saturated rings. The molecule has 0 aliphatic rings. The van der Waals surface area contributed by atoms with Gasteiger partial charge in [0.05, 0.1) is 42.9 Å². The first-order valence-corrected chi connectivity index (χ1v) is 11.3. The number of rotatable bonds is 8. The smallest absolute Gasteiger partial charge is 0.412 e. The third-order valence-electron chi connectivity index (χ3n) is 5.34. The predicted molar refractivity (Wildman–Crippen MR) is 136 cm³/mol. The summed E-state index contributed by atoms with van der Waals surface area (Å²) in [4.78, 5) is 20.9. The zero-order valence-electron chi connectivity index (χ0n) is 20.1. The first-order valence-electron chi connectivity index (χ1n) is 10.9. The molecule has 1 amide bonds. The topological polar surface area (TPSA) is 101 Å². The minimum absolute atomic E-state index is 0.260. The molecular weight excluding hydrogens is 486 g/mol. The Morgan fingerprint density at radius 1 is 0.917 bits per heavy atom. The number of ether oxygens (including phenoxy) is 5. The molecule has 0 aliphatic heterocycles. The largest absolute Gasteiger partial charge is 0.497 e. The Bertz CT molecular complexity index is 1400. The van der Waals surface area contributed by atoms with Crippen LogP contribution in [0.15, 0.2) is 60.9 Å². The van der Waals surface area contributed by atoms with Gasteiger partial charge in [-0.15, -0.1) is 0 Å². The number of nitrogens with zero attached hydrogens (tertiary/aromatic N) is 2. The number of carbonyl (C=O) groups excluding carboxylic acids is 1. The monoisotopic (exact) mass is 509 g/mol. The van der Waals surface area contributed by atoms with Crippen molar-refractivity contribution in [1.82, 2.24) is 9.97 Å². The van der Waals surface area contributed by atoms with Crippen molar-refractivity contribution < 1.29 is 28.5 Å². The van der Waals surface area contributed by atoms with E-state index in [9.17, 15) is 4.79 Å². The van der Waals surface area contributed by atoms with Crippen LogP contribution in [0.5, 0.6) is 28.9 Å². The summed E-state index contributed by atoms with van der Waals surface area (Å²) in [7, 11) is 4.67. The molecule has 1 atom stereocenters. The van der Waals surface area contributed by atoms with Gasteiger partial charge in [-0.2, -0.15) is 0 Å². The summed E-state index contributed by atoms with van der Waals surface area (Å²) in [6.07, 6.45) is 0.243. The van der Waals surface area contributed by atoms with Crippen molar-refractivity contribution in [2.45, 2.75) is 13.0 Å². The van der Waals surface area contributed by atoms with Crippen LogP contribution in [0.2, 0.25) is 5.02 Å². The summed E-state index contributed by atoms with van der Waals surface area (Å²) in [5, 5.41) is 3.54. The molecule has 3 aromatic carbocycles. The van der Waals surface area contributed by atoms with Crippen LogP contribution in [0.25, 0.3) is 10.9 Å². The number of halogens is 1. The standard InChI is InChI=1S/C26H24ClN3O6/c1-15(16-6-5-7-17(10-16)32-2)35-26(31)30-21-9-8-18(11-20(21)27)36-25-19-12-23(33-3)24(34-4)13-22(19)28-14-29-25/h5-15H,1-4H3,(H,30,31). The molecule has 36 heavy (non-hydrogen) atoms. The van der Waals surface area contributed by atoms with Crippen molar-refractivity contribution in [3.05, 3.63) is 71.5 Å². The molecule has 9 nitrogen and oxygen atoms in total. The number of fused-ring (bicyclic) bond motifs is 1. The van der Waals surface area contributed by atoms with Gasteiger partial charge in [-0.1, -0.05) is 23.7 Å². The molecule has 0 saturated heterocycles. The zero-order chi connectivity index (χ0) is 25.7. The van der Waals surface area contributed by atoms with Gasteiger partial charge in [-0.05, 0) is 42.8 Å². The lowest BCUT2D eigenvalue weighted by atomic mass is 10.1. The van der Waals surface area contributed by atoms with E-state index in [0.717, 1.165) is 5.56 Å². The number of aromatic nitrogens is 2. The average molecular weight is 510 g/mol. The number of anilines is 1. The SMILES string of the molecule is COc1cccc(C(C)OC(=O)Nc2ccc(Oc3ncnc4cc(OC)c(OC)cc34)cc2Cl)c1. The molecule has 0 bridgehead atoms. The van der Waals surface area contributed by atoms with Crippen LogP contribution in [0.1, 0.15) is 18.6 Å². The van der Waals surface area contributed by atoms with Crippen LogP contribution in [0.3, 0.4) is 0 Å². The number of amides is 1.